The van der Waals surface area contributed by atoms with Gasteiger partial charge in [-0.2, -0.15) is 0 Å². The van der Waals surface area contributed by atoms with E-state index in [1.165, 1.54) is 0 Å². The quantitative estimate of drug-likeness (QED) is 0.893. The lowest BCUT2D eigenvalue weighted by molar-refractivity contribution is 0.0951. The fraction of sp³-hybridized carbons (Fsp3) is 0.154. The highest BCUT2D eigenvalue weighted by atomic mass is 35.5. The van der Waals surface area contributed by atoms with Crippen molar-refractivity contribution in [2.75, 3.05) is 12.4 Å². The van der Waals surface area contributed by atoms with Crippen LogP contribution in [0.5, 0.6) is 0 Å². The molecule has 0 spiro atoms. The zero-order valence-corrected chi connectivity index (χ0v) is 10.6. The van der Waals surface area contributed by atoms with Crippen LogP contribution in [0, 0.1) is 0 Å². The van der Waals surface area contributed by atoms with Gasteiger partial charge in [-0.15, -0.1) is 0 Å². The van der Waals surface area contributed by atoms with E-state index in [1.807, 2.05) is 0 Å². The van der Waals surface area contributed by atoms with Gasteiger partial charge in [-0.25, -0.2) is 0 Å². The summed E-state index contributed by atoms with van der Waals surface area (Å²) in [6.07, 6.45) is 3.16. The molecule has 4 nitrogen and oxygen atoms in total. The van der Waals surface area contributed by atoms with Crippen LogP contribution in [0.15, 0.2) is 41.2 Å². The third kappa shape index (κ3) is 2.84. The Labute approximate surface area is 110 Å². The molecule has 94 valence electrons. The van der Waals surface area contributed by atoms with Crippen molar-refractivity contribution in [2.45, 2.75) is 6.54 Å². The van der Waals surface area contributed by atoms with Crippen molar-refractivity contribution in [1.29, 1.82) is 0 Å². The summed E-state index contributed by atoms with van der Waals surface area (Å²) in [4.78, 5) is 12.0. The molecule has 0 saturated heterocycles. The van der Waals surface area contributed by atoms with Gasteiger partial charge < -0.3 is 15.1 Å². The van der Waals surface area contributed by atoms with Crippen LogP contribution >= 0.6 is 11.6 Å². The number of amides is 1. The van der Waals surface area contributed by atoms with Gasteiger partial charge in [0.1, 0.15) is 0 Å². The topological polar surface area (TPSA) is 54.3 Å². The summed E-state index contributed by atoms with van der Waals surface area (Å²) in [5, 5.41) is 6.29. The molecule has 2 rings (SSSR count). The highest BCUT2D eigenvalue weighted by Gasteiger charge is 2.11. The maximum absolute atomic E-state index is 12.0. The van der Waals surface area contributed by atoms with Crippen LogP contribution in [0.2, 0.25) is 5.02 Å². The van der Waals surface area contributed by atoms with Gasteiger partial charge in [-0.1, -0.05) is 11.6 Å². The van der Waals surface area contributed by atoms with Gasteiger partial charge in [0.05, 0.1) is 18.1 Å². The summed E-state index contributed by atoms with van der Waals surface area (Å²) in [6.45, 7) is 0.422. The first-order chi connectivity index (χ1) is 8.70. The summed E-state index contributed by atoms with van der Waals surface area (Å²) in [5.41, 5.74) is 2.17. The van der Waals surface area contributed by atoms with E-state index < -0.39 is 0 Å². The maximum atomic E-state index is 12.0. The SMILES string of the molecule is CNc1ccc(Cl)cc1C(=O)NCc1ccoc1. The molecule has 0 fully saturated rings. The molecule has 0 atom stereocenters. The smallest absolute Gasteiger partial charge is 0.253 e. The Bertz CT molecular complexity index is 538. The lowest BCUT2D eigenvalue weighted by Gasteiger charge is -2.09. The first kappa shape index (κ1) is 12.5. The molecule has 1 aromatic carbocycles. The molecule has 1 amide bonds. The highest BCUT2D eigenvalue weighted by molar-refractivity contribution is 6.31. The zero-order valence-electron chi connectivity index (χ0n) is 9.87. The molecule has 2 N–H and O–H groups in total. The van der Waals surface area contributed by atoms with E-state index in [2.05, 4.69) is 10.6 Å². The molecule has 0 bridgehead atoms. The summed E-state index contributed by atoms with van der Waals surface area (Å²) in [7, 11) is 1.76. The van der Waals surface area contributed by atoms with Crippen LogP contribution in [0.3, 0.4) is 0 Å². The first-order valence-corrected chi connectivity index (χ1v) is 5.85. The second-order valence-electron chi connectivity index (χ2n) is 3.75. The minimum Gasteiger partial charge on any atom is -0.472 e. The highest BCUT2D eigenvalue weighted by Crippen LogP contribution is 2.20. The summed E-state index contributed by atoms with van der Waals surface area (Å²) in [5.74, 6) is -0.178. The molecular formula is C13H13ClN2O2. The number of furan rings is 1. The Morgan fingerprint density at radius 2 is 2.22 bits per heavy atom. The fourth-order valence-corrected chi connectivity index (χ4v) is 1.77. The van der Waals surface area contributed by atoms with E-state index in [-0.39, 0.29) is 5.91 Å². The second kappa shape index (κ2) is 5.60. The van der Waals surface area contributed by atoms with Gasteiger partial charge in [0.25, 0.3) is 5.91 Å². The van der Waals surface area contributed by atoms with Gasteiger partial charge in [-0.3, -0.25) is 4.79 Å². The molecule has 1 aromatic heterocycles. The van der Waals surface area contributed by atoms with E-state index in [4.69, 9.17) is 16.0 Å². The molecule has 0 saturated carbocycles. The fourth-order valence-electron chi connectivity index (χ4n) is 1.59. The van der Waals surface area contributed by atoms with Crippen LogP contribution in [-0.2, 0) is 6.54 Å². The Balaban J connectivity index is 2.10. The lowest BCUT2D eigenvalue weighted by atomic mass is 10.1. The molecular weight excluding hydrogens is 252 g/mol. The van der Waals surface area contributed by atoms with Crippen LogP contribution in [0.1, 0.15) is 15.9 Å². The number of carbonyl (C=O) groups excluding carboxylic acids is 1. The van der Waals surface area contributed by atoms with E-state index in [0.29, 0.717) is 17.1 Å². The predicted molar refractivity (Wildman–Crippen MR) is 70.9 cm³/mol. The summed E-state index contributed by atoms with van der Waals surface area (Å²) >= 11 is 5.89. The summed E-state index contributed by atoms with van der Waals surface area (Å²) < 4.78 is 4.93. The van der Waals surface area contributed by atoms with Crippen LogP contribution in [-0.4, -0.2) is 13.0 Å². The molecule has 0 aliphatic rings. The van der Waals surface area contributed by atoms with Crippen molar-refractivity contribution >= 4 is 23.2 Å². The monoisotopic (exact) mass is 264 g/mol. The number of halogens is 1. The Morgan fingerprint density at radius 1 is 1.39 bits per heavy atom. The van der Waals surface area contributed by atoms with Crippen LogP contribution < -0.4 is 10.6 Å². The van der Waals surface area contributed by atoms with Crippen molar-refractivity contribution in [3.63, 3.8) is 0 Å². The van der Waals surface area contributed by atoms with Crippen molar-refractivity contribution in [2.24, 2.45) is 0 Å². The molecule has 0 aliphatic heterocycles. The number of hydrogen-bond acceptors (Lipinski definition) is 3. The number of rotatable bonds is 4. The average Bonchev–Trinajstić information content (AvgIpc) is 2.89. The molecule has 5 heteroatoms. The van der Waals surface area contributed by atoms with E-state index >= 15 is 0 Å². The van der Waals surface area contributed by atoms with Gasteiger partial charge in [0, 0.05) is 29.9 Å². The molecule has 0 radical (unpaired) electrons. The number of carbonyl (C=O) groups is 1. The van der Waals surface area contributed by atoms with Crippen molar-refractivity contribution < 1.29 is 9.21 Å². The van der Waals surface area contributed by atoms with Crippen molar-refractivity contribution in [1.82, 2.24) is 5.32 Å². The minimum absolute atomic E-state index is 0.178. The number of nitrogens with one attached hydrogen (secondary N) is 2. The van der Waals surface area contributed by atoms with Gasteiger partial charge in [-0.05, 0) is 24.3 Å². The average molecular weight is 265 g/mol. The second-order valence-corrected chi connectivity index (χ2v) is 4.19. The largest absolute Gasteiger partial charge is 0.472 e. The van der Waals surface area contributed by atoms with Crippen molar-refractivity contribution in [3.05, 3.63) is 52.9 Å². The Hall–Kier alpha value is -1.94. The third-order valence-corrected chi connectivity index (χ3v) is 2.76. The Kier molecular flexibility index (Phi) is 3.89. The van der Waals surface area contributed by atoms with E-state index in [1.54, 1.807) is 43.8 Å². The van der Waals surface area contributed by atoms with E-state index in [0.717, 1.165) is 11.3 Å². The number of hydrogen-bond donors (Lipinski definition) is 2. The Morgan fingerprint density at radius 3 is 2.89 bits per heavy atom. The van der Waals surface area contributed by atoms with Gasteiger partial charge in [0.2, 0.25) is 0 Å². The standard InChI is InChI=1S/C13H13ClN2O2/c1-15-12-3-2-10(14)6-11(12)13(17)16-7-9-4-5-18-8-9/h2-6,8,15H,7H2,1H3,(H,16,17). The lowest BCUT2D eigenvalue weighted by Crippen LogP contribution is -2.23. The summed E-state index contributed by atoms with van der Waals surface area (Å²) in [6, 6.07) is 6.95. The third-order valence-electron chi connectivity index (χ3n) is 2.53. The molecule has 0 unspecified atom stereocenters. The van der Waals surface area contributed by atoms with E-state index in [9.17, 15) is 4.79 Å². The van der Waals surface area contributed by atoms with Crippen molar-refractivity contribution in [3.8, 4) is 0 Å². The predicted octanol–water partition coefficient (Wildman–Crippen LogP) is 2.90. The maximum Gasteiger partial charge on any atom is 0.253 e. The molecule has 2 aromatic rings. The first-order valence-electron chi connectivity index (χ1n) is 5.47. The van der Waals surface area contributed by atoms with Crippen LogP contribution in [0.4, 0.5) is 5.69 Å². The molecule has 1 heterocycles. The number of anilines is 1. The molecule has 18 heavy (non-hydrogen) atoms. The van der Waals surface area contributed by atoms with Gasteiger partial charge >= 0.3 is 0 Å². The molecule has 0 aliphatic carbocycles. The zero-order chi connectivity index (χ0) is 13.0. The normalized spacial score (nSPS) is 10.1. The number of benzene rings is 1. The van der Waals surface area contributed by atoms with Crippen LogP contribution in [0.25, 0.3) is 0 Å². The minimum atomic E-state index is -0.178. The van der Waals surface area contributed by atoms with Gasteiger partial charge in [0.15, 0.2) is 0 Å².